The molecule has 0 saturated carbocycles. The number of carbonyl (C=O) groups is 1. The molecular formula is C32H38F3N5O6. The summed E-state index contributed by atoms with van der Waals surface area (Å²) in [5, 5.41) is 4.64. The minimum atomic E-state index is -4.57. The van der Waals surface area contributed by atoms with Crippen LogP contribution in [0.4, 0.5) is 35.3 Å². The van der Waals surface area contributed by atoms with Gasteiger partial charge in [-0.3, -0.25) is 0 Å². The Kier molecular flexibility index (Phi) is 10.2. The molecular weight excluding hydrogens is 607 g/mol. The minimum Gasteiger partial charge on any atom is -0.497 e. The lowest BCUT2D eigenvalue weighted by atomic mass is 9.90. The number of aromatic nitrogens is 2. The minimum absolute atomic E-state index is 0.0934. The molecule has 0 aliphatic carbocycles. The van der Waals surface area contributed by atoms with E-state index in [4.69, 9.17) is 28.8 Å². The van der Waals surface area contributed by atoms with Gasteiger partial charge in [0, 0.05) is 31.1 Å². The monoisotopic (exact) mass is 645 g/mol. The zero-order valence-corrected chi connectivity index (χ0v) is 26.2. The van der Waals surface area contributed by atoms with Crippen molar-refractivity contribution in [3.63, 3.8) is 0 Å². The van der Waals surface area contributed by atoms with Crippen LogP contribution < -0.4 is 24.8 Å². The Hall–Kier alpha value is -4.46. The van der Waals surface area contributed by atoms with Crippen LogP contribution in [-0.4, -0.2) is 69.3 Å². The molecule has 0 radical (unpaired) electrons. The fourth-order valence-corrected chi connectivity index (χ4v) is 5.72. The molecule has 3 heterocycles. The molecule has 3 aromatic rings. The van der Waals surface area contributed by atoms with Crippen LogP contribution in [0.1, 0.15) is 55.1 Å². The SMILES string of the molecule is CCOC(=O)ON1c2ccc(C(F)(F)F)cc2[C@@H](Nc2ncc(N3CCOCC3)c(Cc3cc(OC)cc(OC)c3)n2)C[C@H]1CC. The van der Waals surface area contributed by atoms with Crippen molar-refractivity contribution in [1.29, 1.82) is 0 Å². The maximum atomic E-state index is 13.9. The molecule has 46 heavy (non-hydrogen) atoms. The Labute approximate surface area is 265 Å². The van der Waals surface area contributed by atoms with Crippen molar-refractivity contribution in [3.8, 4) is 11.5 Å². The van der Waals surface area contributed by atoms with Gasteiger partial charge >= 0.3 is 12.3 Å². The second kappa shape index (κ2) is 14.3. The summed E-state index contributed by atoms with van der Waals surface area (Å²) >= 11 is 0. The zero-order chi connectivity index (χ0) is 32.8. The van der Waals surface area contributed by atoms with Crippen LogP contribution in [0.25, 0.3) is 0 Å². The van der Waals surface area contributed by atoms with Gasteiger partial charge in [0.2, 0.25) is 5.95 Å². The molecule has 0 bridgehead atoms. The maximum Gasteiger partial charge on any atom is 0.533 e. The van der Waals surface area contributed by atoms with Gasteiger partial charge in [0.1, 0.15) is 11.5 Å². The summed E-state index contributed by atoms with van der Waals surface area (Å²) in [6.45, 7) is 6.10. The van der Waals surface area contributed by atoms with E-state index in [1.165, 1.54) is 11.1 Å². The topological polar surface area (TPSA) is 108 Å². The fourth-order valence-electron chi connectivity index (χ4n) is 5.72. The molecule has 2 aliphatic rings. The molecule has 2 atom stereocenters. The number of alkyl halides is 3. The molecule has 1 fully saturated rings. The van der Waals surface area contributed by atoms with Crippen molar-refractivity contribution in [2.45, 2.75) is 51.4 Å². The van der Waals surface area contributed by atoms with Gasteiger partial charge in [-0.05, 0) is 55.7 Å². The van der Waals surface area contributed by atoms with Gasteiger partial charge in [-0.1, -0.05) is 6.92 Å². The van der Waals surface area contributed by atoms with Gasteiger partial charge in [-0.25, -0.2) is 14.8 Å². The van der Waals surface area contributed by atoms with Crippen molar-refractivity contribution >= 4 is 23.5 Å². The van der Waals surface area contributed by atoms with Crippen molar-refractivity contribution in [2.75, 3.05) is 62.4 Å². The Morgan fingerprint density at radius 1 is 1.04 bits per heavy atom. The molecule has 1 N–H and O–H groups in total. The van der Waals surface area contributed by atoms with E-state index in [-0.39, 0.29) is 18.6 Å². The summed E-state index contributed by atoms with van der Waals surface area (Å²) in [5.41, 5.74) is 2.24. The number of rotatable bonds is 10. The van der Waals surface area contributed by atoms with E-state index in [2.05, 4.69) is 15.2 Å². The van der Waals surface area contributed by atoms with Gasteiger partial charge in [0.15, 0.2) is 0 Å². The third-order valence-electron chi connectivity index (χ3n) is 8.00. The summed E-state index contributed by atoms with van der Waals surface area (Å²) in [6.07, 6.45) is -2.51. The number of hydroxylamine groups is 1. The highest BCUT2D eigenvalue weighted by atomic mass is 19.4. The average molecular weight is 646 g/mol. The number of methoxy groups -OCH3 is 2. The van der Waals surface area contributed by atoms with Crippen LogP contribution in [0.5, 0.6) is 11.5 Å². The summed E-state index contributed by atoms with van der Waals surface area (Å²) in [5.74, 6) is 1.52. The first kappa shape index (κ1) is 32.9. The molecule has 1 saturated heterocycles. The number of ether oxygens (including phenoxy) is 4. The third-order valence-corrected chi connectivity index (χ3v) is 8.00. The number of anilines is 3. The van der Waals surface area contributed by atoms with E-state index >= 15 is 0 Å². The number of benzene rings is 2. The first-order valence-electron chi connectivity index (χ1n) is 15.2. The third kappa shape index (κ3) is 7.49. The number of hydrogen-bond acceptors (Lipinski definition) is 11. The standard InChI is InChI=1S/C32H38F3N5O6/c1-5-22-17-26(25-16-21(32(33,34)35)7-8-28(25)40(22)46-31(41)45-6-2)37-30-36-19-29(39-9-11-44-12-10-39)27(38-30)15-20-13-23(42-3)18-24(14-20)43-4/h7-8,13-14,16,18-19,22,26H,5-6,9-12,15,17H2,1-4H3,(H,36,37,38)/t22-,26+/m1/s1. The lowest BCUT2D eigenvalue weighted by molar-refractivity contribution is -0.137. The smallest absolute Gasteiger partial charge is 0.497 e. The quantitative estimate of drug-likeness (QED) is 0.256. The first-order chi connectivity index (χ1) is 22.1. The van der Waals surface area contributed by atoms with E-state index in [9.17, 15) is 18.0 Å². The van der Waals surface area contributed by atoms with Crippen LogP contribution in [-0.2, 0) is 26.9 Å². The number of fused-ring (bicyclic) bond motifs is 1. The van der Waals surface area contributed by atoms with E-state index in [0.29, 0.717) is 74.0 Å². The highest BCUT2D eigenvalue weighted by Gasteiger charge is 2.38. The molecule has 0 spiro atoms. The Balaban J connectivity index is 1.53. The Bertz CT molecular complexity index is 1500. The van der Waals surface area contributed by atoms with Gasteiger partial charge in [-0.15, -0.1) is 0 Å². The van der Waals surface area contributed by atoms with Crippen LogP contribution in [0.2, 0.25) is 0 Å². The van der Waals surface area contributed by atoms with Crippen molar-refractivity contribution in [3.05, 3.63) is 65.0 Å². The van der Waals surface area contributed by atoms with Crippen LogP contribution in [0.3, 0.4) is 0 Å². The van der Waals surface area contributed by atoms with Gasteiger partial charge in [0.25, 0.3) is 0 Å². The lowest BCUT2D eigenvalue weighted by Crippen LogP contribution is -2.43. The molecule has 1 aromatic heterocycles. The second-order valence-electron chi connectivity index (χ2n) is 10.9. The number of nitrogens with one attached hydrogen (secondary N) is 1. The molecule has 2 aliphatic heterocycles. The van der Waals surface area contributed by atoms with Crippen molar-refractivity contribution in [1.82, 2.24) is 9.97 Å². The van der Waals surface area contributed by atoms with E-state index in [1.54, 1.807) is 33.4 Å². The Morgan fingerprint density at radius 2 is 1.76 bits per heavy atom. The molecule has 14 heteroatoms. The van der Waals surface area contributed by atoms with Crippen molar-refractivity contribution < 1.29 is 41.8 Å². The fraction of sp³-hybridized carbons (Fsp3) is 0.469. The number of carbonyl (C=O) groups excluding carboxylic acids is 1. The predicted molar refractivity (Wildman–Crippen MR) is 165 cm³/mol. The Morgan fingerprint density at radius 3 is 2.39 bits per heavy atom. The highest BCUT2D eigenvalue weighted by Crippen LogP contribution is 2.43. The average Bonchev–Trinajstić information content (AvgIpc) is 3.05. The normalized spacial score (nSPS) is 18.1. The van der Waals surface area contributed by atoms with E-state index in [1.807, 2.05) is 19.1 Å². The highest BCUT2D eigenvalue weighted by molar-refractivity contribution is 5.66. The molecule has 11 nitrogen and oxygen atoms in total. The lowest BCUT2D eigenvalue weighted by Gasteiger charge is -2.40. The number of morpholine rings is 1. The predicted octanol–water partition coefficient (Wildman–Crippen LogP) is 6.17. The second-order valence-corrected chi connectivity index (χ2v) is 10.9. The van der Waals surface area contributed by atoms with Crippen LogP contribution in [0.15, 0.2) is 42.6 Å². The summed E-state index contributed by atoms with van der Waals surface area (Å²) in [4.78, 5) is 29.4. The summed E-state index contributed by atoms with van der Waals surface area (Å²) in [7, 11) is 3.16. The largest absolute Gasteiger partial charge is 0.533 e. The van der Waals surface area contributed by atoms with Crippen LogP contribution >= 0.6 is 0 Å². The summed E-state index contributed by atoms with van der Waals surface area (Å²) < 4.78 is 63.0. The van der Waals surface area contributed by atoms with Crippen molar-refractivity contribution in [2.24, 2.45) is 0 Å². The van der Waals surface area contributed by atoms with E-state index < -0.39 is 23.9 Å². The van der Waals surface area contributed by atoms with Gasteiger partial charge < -0.3 is 34.0 Å². The summed E-state index contributed by atoms with van der Waals surface area (Å²) in [6, 6.07) is 7.98. The molecule has 0 unspecified atom stereocenters. The van der Waals surface area contributed by atoms with Gasteiger partial charge in [-0.2, -0.15) is 18.2 Å². The van der Waals surface area contributed by atoms with Crippen LogP contribution in [0, 0.1) is 0 Å². The number of nitrogens with zero attached hydrogens (tertiary/aromatic N) is 4. The molecule has 5 rings (SSSR count). The number of hydrogen-bond donors (Lipinski definition) is 1. The first-order valence-corrected chi connectivity index (χ1v) is 15.2. The van der Waals surface area contributed by atoms with E-state index in [0.717, 1.165) is 23.4 Å². The molecule has 248 valence electrons. The number of halogens is 3. The molecule has 0 amide bonds. The zero-order valence-electron chi connectivity index (χ0n) is 26.2. The maximum absolute atomic E-state index is 13.9. The molecule has 2 aromatic carbocycles. The van der Waals surface area contributed by atoms with Gasteiger partial charge in [0.05, 0.1) is 75.0 Å².